The second kappa shape index (κ2) is 4.41. The first-order valence-electron chi connectivity index (χ1n) is 6.51. The van der Waals surface area contributed by atoms with Crippen molar-refractivity contribution in [1.29, 1.82) is 0 Å². The fourth-order valence-corrected chi connectivity index (χ4v) is 3.37. The lowest BCUT2D eigenvalue weighted by atomic mass is 9.57. The van der Waals surface area contributed by atoms with Crippen LogP contribution in [0.5, 0.6) is 0 Å². The van der Waals surface area contributed by atoms with Crippen molar-refractivity contribution in [2.75, 3.05) is 6.61 Å². The number of rotatable bonds is 2. The summed E-state index contributed by atoms with van der Waals surface area (Å²) in [5, 5.41) is 9.19. The van der Waals surface area contributed by atoms with Crippen LogP contribution in [0.2, 0.25) is 0 Å². The van der Waals surface area contributed by atoms with E-state index in [1.54, 1.807) is 0 Å². The van der Waals surface area contributed by atoms with Crippen molar-refractivity contribution in [1.82, 2.24) is 0 Å². The Kier molecular flexibility index (Phi) is 3.26. The van der Waals surface area contributed by atoms with E-state index in [1.165, 1.54) is 0 Å². The van der Waals surface area contributed by atoms with Gasteiger partial charge in [-0.15, -0.1) is 0 Å². The molecule has 0 amide bonds. The van der Waals surface area contributed by atoms with Gasteiger partial charge in [0, 0.05) is 6.42 Å². The van der Waals surface area contributed by atoms with Crippen LogP contribution >= 0.6 is 0 Å². The van der Waals surface area contributed by atoms with E-state index in [0.29, 0.717) is 12.3 Å². The van der Waals surface area contributed by atoms with Crippen LogP contribution in [0.1, 0.15) is 39.5 Å². The number of Topliss-reactive ketones (excluding diaryl/α,β-unsaturated/α-hetero) is 1. The average molecular weight is 234 g/mol. The molecule has 0 radical (unpaired) electrons. The minimum Gasteiger partial charge on any atom is -0.392 e. The number of aliphatic hydroxyl groups is 1. The average Bonchev–Trinajstić information content (AvgIpc) is 2.30. The maximum Gasteiger partial charge on any atom is 0.159 e. The highest BCUT2D eigenvalue weighted by Crippen LogP contribution is 2.51. The molecular weight excluding hydrogens is 212 g/mol. The summed E-state index contributed by atoms with van der Waals surface area (Å²) in [5.74, 6) is 0.973. The van der Waals surface area contributed by atoms with Crippen LogP contribution in [0.3, 0.4) is 0 Å². The van der Waals surface area contributed by atoms with Crippen molar-refractivity contribution in [3.05, 3.63) is 23.8 Å². The topological polar surface area (TPSA) is 37.3 Å². The summed E-state index contributed by atoms with van der Waals surface area (Å²) in [6.07, 6.45) is 5.83. The fourth-order valence-electron chi connectivity index (χ4n) is 3.37. The molecule has 2 aliphatic carbocycles. The highest BCUT2D eigenvalue weighted by molar-refractivity contribution is 5.98. The fraction of sp³-hybridized carbons (Fsp3) is 0.667. The summed E-state index contributed by atoms with van der Waals surface area (Å²) >= 11 is 0. The highest BCUT2D eigenvalue weighted by Gasteiger charge is 2.45. The van der Waals surface area contributed by atoms with Gasteiger partial charge in [-0.25, -0.2) is 0 Å². The van der Waals surface area contributed by atoms with Crippen LogP contribution in [0.25, 0.3) is 0 Å². The largest absolute Gasteiger partial charge is 0.392 e. The molecule has 0 heterocycles. The second-order valence-corrected chi connectivity index (χ2v) is 5.86. The van der Waals surface area contributed by atoms with E-state index in [9.17, 15) is 9.90 Å². The van der Waals surface area contributed by atoms with Crippen LogP contribution in [-0.4, -0.2) is 17.5 Å². The summed E-state index contributed by atoms with van der Waals surface area (Å²) in [7, 11) is 0. The van der Waals surface area contributed by atoms with Gasteiger partial charge in [0.15, 0.2) is 5.78 Å². The Bertz CT molecular complexity index is 380. The van der Waals surface area contributed by atoms with Crippen molar-refractivity contribution >= 4 is 5.78 Å². The van der Waals surface area contributed by atoms with E-state index in [1.807, 2.05) is 0 Å². The van der Waals surface area contributed by atoms with Crippen LogP contribution in [0.4, 0.5) is 0 Å². The molecule has 0 aliphatic heterocycles. The molecule has 0 spiro atoms. The first-order valence-corrected chi connectivity index (χ1v) is 6.51. The van der Waals surface area contributed by atoms with Gasteiger partial charge in [-0.3, -0.25) is 4.79 Å². The predicted molar refractivity (Wildman–Crippen MR) is 68.5 cm³/mol. The summed E-state index contributed by atoms with van der Waals surface area (Å²) in [6, 6.07) is 0. The summed E-state index contributed by atoms with van der Waals surface area (Å²) in [6.45, 7) is 8.35. The number of allylic oxidation sites excluding steroid dienone is 2. The first kappa shape index (κ1) is 12.6. The van der Waals surface area contributed by atoms with E-state index >= 15 is 0 Å². The number of carbonyl (C=O) groups excluding carboxylic acids is 1. The minimum absolute atomic E-state index is 0.00144. The smallest absolute Gasteiger partial charge is 0.159 e. The van der Waals surface area contributed by atoms with Gasteiger partial charge < -0.3 is 5.11 Å². The molecule has 0 aromatic carbocycles. The quantitative estimate of drug-likeness (QED) is 0.746. The lowest BCUT2D eigenvalue weighted by Crippen LogP contribution is -2.41. The zero-order chi connectivity index (χ0) is 12.6. The Morgan fingerprint density at radius 3 is 3.00 bits per heavy atom. The van der Waals surface area contributed by atoms with E-state index in [0.717, 1.165) is 30.4 Å². The van der Waals surface area contributed by atoms with Crippen LogP contribution in [-0.2, 0) is 4.79 Å². The van der Waals surface area contributed by atoms with Crippen molar-refractivity contribution in [3.63, 3.8) is 0 Å². The van der Waals surface area contributed by atoms with E-state index < -0.39 is 0 Å². The molecule has 0 bridgehead atoms. The lowest BCUT2D eigenvalue weighted by molar-refractivity contribution is -0.120. The molecule has 2 aliphatic rings. The molecule has 1 fully saturated rings. The molecule has 1 N–H and O–H groups in total. The summed E-state index contributed by atoms with van der Waals surface area (Å²) in [5.41, 5.74) is 1.85. The van der Waals surface area contributed by atoms with Gasteiger partial charge >= 0.3 is 0 Å². The zero-order valence-electron chi connectivity index (χ0n) is 10.8. The molecule has 2 heteroatoms. The molecule has 0 aromatic heterocycles. The van der Waals surface area contributed by atoms with Gasteiger partial charge in [0.1, 0.15) is 0 Å². The number of hydrogen-bond acceptors (Lipinski definition) is 2. The number of hydrogen-bond donors (Lipinski definition) is 1. The van der Waals surface area contributed by atoms with Crippen LogP contribution in [0.15, 0.2) is 23.8 Å². The van der Waals surface area contributed by atoms with Crippen molar-refractivity contribution < 1.29 is 9.90 Å². The van der Waals surface area contributed by atoms with Gasteiger partial charge in [0.05, 0.1) is 6.61 Å². The van der Waals surface area contributed by atoms with Crippen LogP contribution in [0, 0.1) is 17.3 Å². The Balaban J connectivity index is 2.31. The summed E-state index contributed by atoms with van der Waals surface area (Å²) < 4.78 is 0. The maximum atomic E-state index is 12.2. The van der Waals surface area contributed by atoms with Crippen molar-refractivity contribution in [2.45, 2.75) is 39.5 Å². The molecule has 17 heavy (non-hydrogen) atoms. The van der Waals surface area contributed by atoms with Crippen molar-refractivity contribution in [2.24, 2.45) is 17.3 Å². The number of ketones is 1. The SMILES string of the molecule is C=C(CO)[C@@H]1CC(=O)C2=CCC[C@H](C)[C@@]2(C)C1. The Morgan fingerprint density at radius 1 is 1.65 bits per heavy atom. The second-order valence-electron chi connectivity index (χ2n) is 5.86. The Hall–Kier alpha value is -0.890. The third kappa shape index (κ3) is 1.99. The monoisotopic (exact) mass is 234 g/mol. The highest BCUT2D eigenvalue weighted by atomic mass is 16.3. The molecule has 1 saturated carbocycles. The van der Waals surface area contributed by atoms with Gasteiger partial charge in [-0.2, -0.15) is 0 Å². The molecule has 94 valence electrons. The predicted octanol–water partition coefficient (Wildman–Crippen LogP) is 2.88. The molecule has 2 rings (SSSR count). The molecule has 0 saturated heterocycles. The molecule has 2 nitrogen and oxygen atoms in total. The van der Waals surface area contributed by atoms with Crippen molar-refractivity contribution in [3.8, 4) is 0 Å². The van der Waals surface area contributed by atoms with Crippen LogP contribution < -0.4 is 0 Å². The molecule has 0 aromatic rings. The minimum atomic E-state index is -0.00361. The van der Waals surface area contributed by atoms with E-state index in [2.05, 4.69) is 26.5 Å². The zero-order valence-corrected chi connectivity index (χ0v) is 10.8. The first-order chi connectivity index (χ1) is 7.99. The standard InChI is InChI=1S/C15H22O2/c1-10(9-16)12-7-14(17)13-6-4-5-11(2)15(13,3)8-12/h6,11-12,16H,1,4-5,7-9H2,2-3H3/t11-,12+,15+/m0/s1. The number of aliphatic hydroxyl groups excluding tert-OH is 1. The lowest BCUT2D eigenvalue weighted by Gasteiger charge is -2.46. The van der Waals surface area contributed by atoms with E-state index in [-0.39, 0.29) is 23.7 Å². The van der Waals surface area contributed by atoms with Gasteiger partial charge in [-0.1, -0.05) is 26.5 Å². The Labute approximate surface area is 103 Å². The Morgan fingerprint density at radius 2 is 2.35 bits per heavy atom. The number of fused-ring (bicyclic) bond motifs is 1. The number of carbonyl (C=O) groups is 1. The van der Waals surface area contributed by atoms with Gasteiger partial charge in [-0.05, 0) is 47.7 Å². The van der Waals surface area contributed by atoms with E-state index in [4.69, 9.17) is 0 Å². The van der Waals surface area contributed by atoms with Gasteiger partial charge in [0.2, 0.25) is 0 Å². The third-order valence-electron chi connectivity index (χ3n) is 4.83. The van der Waals surface area contributed by atoms with Gasteiger partial charge in [0.25, 0.3) is 0 Å². The summed E-state index contributed by atoms with van der Waals surface area (Å²) in [4.78, 5) is 12.2. The molecular formula is C15H22O2. The normalized spacial score (nSPS) is 37.4. The molecule has 3 atom stereocenters. The molecule has 0 unspecified atom stereocenters. The third-order valence-corrected chi connectivity index (χ3v) is 4.83. The maximum absolute atomic E-state index is 12.2.